The van der Waals surface area contributed by atoms with E-state index in [0.717, 1.165) is 12.8 Å². The highest BCUT2D eigenvalue weighted by molar-refractivity contribution is 7.89. The first kappa shape index (κ1) is 16.2. The first-order valence-corrected chi connectivity index (χ1v) is 9.24. The molecule has 0 aliphatic carbocycles. The van der Waals surface area contributed by atoms with Crippen molar-refractivity contribution < 1.29 is 17.3 Å². The Morgan fingerprint density at radius 3 is 2.57 bits per heavy atom. The fourth-order valence-corrected chi connectivity index (χ4v) is 3.89. The van der Waals surface area contributed by atoms with Crippen LogP contribution >= 0.6 is 0 Å². The van der Waals surface area contributed by atoms with Crippen molar-refractivity contribution in [3.05, 3.63) is 18.2 Å². The van der Waals surface area contributed by atoms with E-state index in [1.54, 1.807) is 0 Å². The molecule has 8 heteroatoms. The molecule has 1 aliphatic rings. The van der Waals surface area contributed by atoms with Gasteiger partial charge in [0.2, 0.25) is 11.0 Å². The van der Waals surface area contributed by atoms with Gasteiger partial charge in [-0.05, 0) is 18.8 Å². The quantitative estimate of drug-likeness (QED) is 0.851. The monoisotopic (exact) mass is 339 g/mol. The second-order valence-electron chi connectivity index (χ2n) is 6.34. The van der Waals surface area contributed by atoms with Gasteiger partial charge >= 0.3 is 0 Å². The molecule has 1 aliphatic heterocycles. The lowest BCUT2D eigenvalue weighted by atomic mass is 10.0. The molecule has 2 aromatic heterocycles. The lowest BCUT2D eigenvalue weighted by molar-refractivity contribution is 0.281. The molecule has 0 unspecified atom stereocenters. The van der Waals surface area contributed by atoms with E-state index in [2.05, 4.69) is 17.1 Å². The molecule has 126 valence electrons. The molecule has 0 spiro atoms. The van der Waals surface area contributed by atoms with Gasteiger partial charge in [0.1, 0.15) is 6.26 Å². The Bertz CT molecular complexity index is 770. The van der Waals surface area contributed by atoms with E-state index in [1.165, 1.54) is 16.6 Å². The summed E-state index contributed by atoms with van der Waals surface area (Å²) in [6.07, 6.45) is 3.08. The summed E-state index contributed by atoms with van der Waals surface area (Å²) in [7, 11) is -3.61. The maximum Gasteiger partial charge on any atom is 0.276 e. The molecule has 0 atom stereocenters. The fourth-order valence-electron chi connectivity index (χ4n) is 2.50. The summed E-state index contributed by atoms with van der Waals surface area (Å²) in [5.74, 6) is 1.45. The van der Waals surface area contributed by atoms with Crippen molar-refractivity contribution in [3.63, 3.8) is 0 Å². The zero-order chi connectivity index (χ0) is 16.6. The van der Waals surface area contributed by atoms with Gasteiger partial charge in [-0.3, -0.25) is 0 Å². The number of hydrogen-bond donors (Lipinski definition) is 0. The van der Waals surface area contributed by atoms with Crippen molar-refractivity contribution in [1.82, 2.24) is 14.5 Å². The van der Waals surface area contributed by atoms with Crippen molar-refractivity contribution in [1.29, 1.82) is 0 Å². The predicted octanol–water partition coefficient (Wildman–Crippen LogP) is 2.87. The van der Waals surface area contributed by atoms with Gasteiger partial charge in [-0.25, -0.2) is 8.42 Å². The summed E-state index contributed by atoms with van der Waals surface area (Å²) in [4.78, 5) is 0. The molecule has 1 fully saturated rings. The van der Waals surface area contributed by atoms with Crippen molar-refractivity contribution in [2.24, 2.45) is 5.92 Å². The van der Waals surface area contributed by atoms with E-state index in [4.69, 9.17) is 8.83 Å². The SMILES string of the molecule is CC1CCN(S(=O)(=O)c2cc(-c3nnc(C(C)C)o3)co2)CC1. The highest BCUT2D eigenvalue weighted by Gasteiger charge is 2.31. The molecule has 0 amide bonds. The largest absolute Gasteiger partial charge is 0.451 e. The topological polar surface area (TPSA) is 89.4 Å². The van der Waals surface area contributed by atoms with Crippen LogP contribution in [0.25, 0.3) is 11.5 Å². The fraction of sp³-hybridized carbons (Fsp3) is 0.600. The van der Waals surface area contributed by atoms with E-state index >= 15 is 0 Å². The van der Waals surface area contributed by atoms with Crippen LogP contribution < -0.4 is 0 Å². The Morgan fingerprint density at radius 1 is 1.26 bits per heavy atom. The van der Waals surface area contributed by atoms with Crippen LogP contribution in [0.15, 0.2) is 26.3 Å². The van der Waals surface area contributed by atoms with E-state index in [-0.39, 0.29) is 16.9 Å². The Labute approximate surface area is 135 Å². The van der Waals surface area contributed by atoms with Crippen molar-refractivity contribution in [3.8, 4) is 11.5 Å². The van der Waals surface area contributed by atoms with E-state index in [0.29, 0.717) is 30.5 Å². The number of furan rings is 1. The van der Waals surface area contributed by atoms with Crippen LogP contribution in [0.3, 0.4) is 0 Å². The third-order valence-corrected chi connectivity index (χ3v) is 5.86. The molecule has 2 aromatic rings. The van der Waals surface area contributed by atoms with Crippen LogP contribution in [-0.4, -0.2) is 36.0 Å². The summed E-state index contributed by atoms with van der Waals surface area (Å²) >= 11 is 0. The summed E-state index contributed by atoms with van der Waals surface area (Å²) in [5.41, 5.74) is 0.480. The molecule has 3 heterocycles. The Balaban J connectivity index is 1.83. The van der Waals surface area contributed by atoms with E-state index in [9.17, 15) is 8.42 Å². The normalized spacial score (nSPS) is 17.9. The summed E-state index contributed by atoms with van der Waals surface area (Å²) < 4.78 is 37.5. The minimum atomic E-state index is -3.61. The van der Waals surface area contributed by atoms with Crippen LogP contribution in [0.2, 0.25) is 0 Å². The third-order valence-electron chi connectivity index (χ3n) is 4.09. The van der Waals surface area contributed by atoms with Crippen molar-refractivity contribution in [2.75, 3.05) is 13.1 Å². The Kier molecular flexibility index (Phi) is 4.29. The number of sulfonamides is 1. The molecule has 3 rings (SSSR count). The van der Waals surface area contributed by atoms with Gasteiger partial charge in [-0.2, -0.15) is 4.31 Å². The van der Waals surface area contributed by atoms with E-state index < -0.39 is 10.0 Å². The van der Waals surface area contributed by atoms with Crippen LogP contribution in [0.4, 0.5) is 0 Å². The maximum absolute atomic E-state index is 12.6. The molecule has 0 saturated carbocycles. The zero-order valence-electron chi connectivity index (χ0n) is 13.5. The average Bonchev–Trinajstić information content (AvgIpc) is 3.17. The molecule has 1 saturated heterocycles. The molecular formula is C15H21N3O4S. The summed E-state index contributed by atoms with van der Waals surface area (Å²) in [6.45, 7) is 7.08. The van der Waals surface area contributed by atoms with Gasteiger partial charge in [0.15, 0.2) is 0 Å². The van der Waals surface area contributed by atoms with Crippen LogP contribution in [0, 0.1) is 5.92 Å². The second-order valence-corrected chi connectivity index (χ2v) is 8.21. The molecule has 0 aromatic carbocycles. The lowest BCUT2D eigenvalue weighted by Crippen LogP contribution is -2.37. The van der Waals surface area contributed by atoms with Gasteiger partial charge in [-0.15, -0.1) is 10.2 Å². The summed E-state index contributed by atoms with van der Waals surface area (Å²) in [6, 6.07) is 1.45. The molecule has 23 heavy (non-hydrogen) atoms. The number of rotatable bonds is 4. The molecule has 0 bridgehead atoms. The van der Waals surface area contributed by atoms with Gasteiger partial charge in [-0.1, -0.05) is 20.8 Å². The molecular weight excluding hydrogens is 318 g/mol. The highest BCUT2D eigenvalue weighted by Crippen LogP contribution is 2.28. The Hall–Kier alpha value is -1.67. The molecule has 0 N–H and O–H groups in total. The minimum absolute atomic E-state index is 0.0775. The lowest BCUT2D eigenvalue weighted by Gasteiger charge is -2.28. The molecule has 0 radical (unpaired) electrons. The van der Waals surface area contributed by atoms with Crippen LogP contribution in [-0.2, 0) is 10.0 Å². The third kappa shape index (κ3) is 3.18. The number of piperidine rings is 1. The first-order valence-electron chi connectivity index (χ1n) is 7.80. The number of nitrogens with zero attached hydrogens (tertiary/aromatic N) is 3. The summed E-state index contributed by atoms with van der Waals surface area (Å²) in [5, 5.41) is 7.81. The van der Waals surface area contributed by atoms with Gasteiger partial charge in [0.25, 0.3) is 15.9 Å². The predicted molar refractivity (Wildman–Crippen MR) is 83.2 cm³/mol. The van der Waals surface area contributed by atoms with Gasteiger partial charge in [0, 0.05) is 25.1 Å². The number of hydrogen-bond acceptors (Lipinski definition) is 6. The minimum Gasteiger partial charge on any atom is -0.451 e. The van der Waals surface area contributed by atoms with Gasteiger partial charge in [0.05, 0.1) is 5.56 Å². The van der Waals surface area contributed by atoms with Crippen LogP contribution in [0.5, 0.6) is 0 Å². The first-order chi connectivity index (χ1) is 10.9. The smallest absolute Gasteiger partial charge is 0.276 e. The average molecular weight is 339 g/mol. The van der Waals surface area contributed by atoms with Crippen molar-refractivity contribution in [2.45, 2.75) is 44.6 Å². The van der Waals surface area contributed by atoms with E-state index in [1.807, 2.05) is 13.8 Å². The van der Waals surface area contributed by atoms with Crippen molar-refractivity contribution >= 4 is 10.0 Å². The zero-order valence-corrected chi connectivity index (χ0v) is 14.3. The van der Waals surface area contributed by atoms with Gasteiger partial charge < -0.3 is 8.83 Å². The van der Waals surface area contributed by atoms with Crippen LogP contribution in [0.1, 0.15) is 45.4 Å². The number of aromatic nitrogens is 2. The standard InChI is InChI=1S/C15H21N3O4S/c1-10(2)14-16-17-15(22-14)12-8-13(21-9-12)23(19,20)18-6-4-11(3)5-7-18/h8-11H,4-7H2,1-3H3. The highest BCUT2D eigenvalue weighted by atomic mass is 32.2. The maximum atomic E-state index is 12.6. The molecule has 7 nitrogen and oxygen atoms in total. The Morgan fingerprint density at radius 2 is 1.96 bits per heavy atom. The second kappa shape index (κ2) is 6.09.